The molecule has 0 aromatic heterocycles. The van der Waals surface area contributed by atoms with Crippen molar-refractivity contribution < 1.29 is 9.84 Å². The van der Waals surface area contributed by atoms with Crippen LogP contribution in [0.2, 0.25) is 0 Å². The van der Waals surface area contributed by atoms with Gasteiger partial charge < -0.3 is 15.6 Å². The van der Waals surface area contributed by atoms with Crippen molar-refractivity contribution in [2.45, 2.75) is 12.6 Å². The summed E-state index contributed by atoms with van der Waals surface area (Å²) < 4.78 is 4.92. The molecular formula is C13H22N2O2. The van der Waals surface area contributed by atoms with E-state index in [1.165, 1.54) is 5.56 Å². The Bertz CT molecular complexity index is 293. The Morgan fingerprint density at radius 2 is 2.06 bits per heavy atom. The van der Waals surface area contributed by atoms with Gasteiger partial charge in [0, 0.05) is 33.3 Å². The molecule has 1 unspecified atom stereocenters. The van der Waals surface area contributed by atoms with Crippen LogP contribution in [0.3, 0.4) is 0 Å². The Hall–Kier alpha value is -0.940. The van der Waals surface area contributed by atoms with Crippen LogP contribution in [0.15, 0.2) is 30.3 Å². The highest BCUT2D eigenvalue weighted by molar-refractivity contribution is 5.14. The summed E-state index contributed by atoms with van der Waals surface area (Å²) in [6, 6.07) is 10.2. The first kappa shape index (κ1) is 14.1. The van der Waals surface area contributed by atoms with Crippen LogP contribution in [0.4, 0.5) is 0 Å². The standard InChI is InChI=1S/C13H22N2O2/c1-17-11-13(16)10-15(8-7-14)9-12-5-3-2-4-6-12/h2-6,13,16H,7-11,14H2,1H3. The number of nitrogens with zero attached hydrogens (tertiary/aromatic N) is 1. The molecule has 0 aliphatic heterocycles. The van der Waals surface area contributed by atoms with Gasteiger partial charge in [0.2, 0.25) is 0 Å². The number of rotatable bonds is 8. The molecule has 0 spiro atoms. The molecule has 1 atom stereocenters. The van der Waals surface area contributed by atoms with Gasteiger partial charge in [-0.25, -0.2) is 0 Å². The summed E-state index contributed by atoms with van der Waals surface area (Å²) >= 11 is 0. The van der Waals surface area contributed by atoms with Crippen LogP contribution in [0.25, 0.3) is 0 Å². The summed E-state index contributed by atoms with van der Waals surface area (Å²) in [6.45, 7) is 3.11. The molecule has 4 heteroatoms. The van der Waals surface area contributed by atoms with E-state index in [0.29, 0.717) is 19.7 Å². The summed E-state index contributed by atoms with van der Waals surface area (Å²) in [4.78, 5) is 2.14. The monoisotopic (exact) mass is 238 g/mol. The van der Waals surface area contributed by atoms with Gasteiger partial charge in [0.1, 0.15) is 0 Å². The van der Waals surface area contributed by atoms with Gasteiger partial charge >= 0.3 is 0 Å². The summed E-state index contributed by atoms with van der Waals surface area (Å²) in [5, 5.41) is 9.72. The molecule has 1 aromatic carbocycles. The maximum absolute atomic E-state index is 9.72. The van der Waals surface area contributed by atoms with Crippen molar-refractivity contribution in [2.75, 3.05) is 33.4 Å². The molecule has 0 saturated heterocycles. The van der Waals surface area contributed by atoms with Gasteiger partial charge in [0.15, 0.2) is 0 Å². The summed E-state index contributed by atoms with van der Waals surface area (Å²) in [5.41, 5.74) is 6.81. The second-order valence-corrected chi connectivity index (χ2v) is 4.12. The average Bonchev–Trinajstić information content (AvgIpc) is 2.31. The van der Waals surface area contributed by atoms with E-state index < -0.39 is 6.10 Å². The van der Waals surface area contributed by atoms with E-state index in [1.807, 2.05) is 18.2 Å². The van der Waals surface area contributed by atoms with E-state index in [9.17, 15) is 5.11 Å². The van der Waals surface area contributed by atoms with Crippen LogP contribution in [-0.2, 0) is 11.3 Å². The molecule has 1 rings (SSSR count). The van der Waals surface area contributed by atoms with Crippen LogP contribution in [-0.4, -0.2) is 49.5 Å². The summed E-state index contributed by atoms with van der Waals surface area (Å²) in [7, 11) is 1.59. The molecule has 17 heavy (non-hydrogen) atoms. The number of nitrogens with two attached hydrogens (primary N) is 1. The number of hydrogen-bond acceptors (Lipinski definition) is 4. The second-order valence-electron chi connectivity index (χ2n) is 4.12. The molecule has 0 radical (unpaired) electrons. The molecule has 3 N–H and O–H groups in total. The van der Waals surface area contributed by atoms with Crippen molar-refractivity contribution in [3.05, 3.63) is 35.9 Å². The lowest BCUT2D eigenvalue weighted by Gasteiger charge is -2.24. The Kier molecular flexibility index (Phi) is 6.81. The first-order valence-electron chi connectivity index (χ1n) is 5.89. The molecule has 0 saturated carbocycles. The van der Waals surface area contributed by atoms with Gasteiger partial charge in [0.25, 0.3) is 0 Å². The zero-order chi connectivity index (χ0) is 12.5. The third-order valence-corrected chi connectivity index (χ3v) is 2.52. The molecule has 0 heterocycles. The van der Waals surface area contributed by atoms with Gasteiger partial charge in [-0.15, -0.1) is 0 Å². The molecule has 0 aliphatic carbocycles. The fourth-order valence-electron chi connectivity index (χ4n) is 1.80. The minimum Gasteiger partial charge on any atom is -0.389 e. The number of ether oxygens (including phenoxy) is 1. The predicted molar refractivity (Wildman–Crippen MR) is 68.7 cm³/mol. The Morgan fingerprint density at radius 3 is 2.65 bits per heavy atom. The van der Waals surface area contributed by atoms with Crippen molar-refractivity contribution in [3.63, 3.8) is 0 Å². The normalized spacial score (nSPS) is 12.9. The fourth-order valence-corrected chi connectivity index (χ4v) is 1.80. The van der Waals surface area contributed by atoms with Crippen molar-refractivity contribution in [1.82, 2.24) is 4.90 Å². The van der Waals surface area contributed by atoms with Crippen molar-refractivity contribution >= 4 is 0 Å². The Morgan fingerprint density at radius 1 is 1.35 bits per heavy atom. The first-order valence-corrected chi connectivity index (χ1v) is 5.89. The lowest BCUT2D eigenvalue weighted by molar-refractivity contribution is 0.0365. The minimum absolute atomic E-state index is 0.357. The van der Waals surface area contributed by atoms with E-state index in [1.54, 1.807) is 7.11 Å². The largest absolute Gasteiger partial charge is 0.389 e. The lowest BCUT2D eigenvalue weighted by atomic mass is 10.2. The van der Waals surface area contributed by atoms with Crippen LogP contribution >= 0.6 is 0 Å². The lowest BCUT2D eigenvalue weighted by Crippen LogP contribution is -2.37. The van der Waals surface area contributed by atoms with Gasteiger partial charge in [-0.3, -0.25) is 4.90 Å². The molecule has 0 fully saturated rings. The quantitative estimate of drug-likeness (QED) is 0.690. The third-order valence-electron chi connectivity index (χ3n) is 2.52. The number of aliphatic hydroxyl groups excluding tert-OH is 1. The van der Waals surface area contributed by atoms with Gasteiger partial charge in [-0.2, -0.15) is 0 Å². The highest BCUT2D eigenvalue weighted by atomic mass is 16.5. The SMILES string of the molecule is COCC(O)CN(CCN)Cc1ccccc1. The van der Waals surface area contributed by atoms with E-state index in [-0.39, 0.29) is 0 Å². The van der Waals surface area contributed by atoms with Crippen LogP contribution < -0.4 is 5.73 Å². The number of aliphatic hydroxyl groups is 1. The molecule has 1 aromatic rings. The maximum atomic E-state index is 9.72. The van der Waals surface area contributed by atoms with Gasteiger partial charge in [0.05, 0.1) is 12.7 Å². The average molecular weight is 238 g/mol. The van der Waals surface area contributed by atoms with Crippen molar-refractivity contribution in [1.29, 1.82) is 0 Å². The topological polar surface area (TPSA) is 58.7 Å². The molecule has 96 valence electrons. The smallest absolute Gasteiger partial charge is 0.0900 e. The van der Waals surface area contributed by atoms with Gasteiger partial charge in [-0.1, -0.05) is 30.3 Å². The third kappa shape index (κ3) is 5.79. The first-order chi connectivity index (χ1) is 8.26. The Labute approximate surface area is 103 Å². The molecule has 0 aliphatic rings. The second kappa shape index (κ2) is 8.20. The maximum Gasteiger partial charge on any atom is 0.0900 e. The van der Waals surface area contributed by atoms with E-state index in [2.05, 4.69) is 17.0 Å². The van der Waals surface area contributed by atoms with E-state index >= 15 is 0 Å². The van der Waals surface area contributed by atoms with Crippen molar-refractivity contribution in [2.24, 2.45) is 5.73 Å². The summed E-state index contributed by atoms with van der Waals surface area (Å²) in [6.07, 6.45) is -0.463. The number of methoxy groups -OCH3 is 1. The zero-order valence-electron chi connectivity index (χ0n) is 10.4. The molecule has 4 nitrogen and oxygen atoms in total. The number of hydrogen-bond donors (Lipinski definition) is 2. The summed E-state index contributed by atoms with van der Waals surface area (Å²) in [5.74, 6) is 0. The van der Waals surface area contributed by atoms with Crippen LogP contribution in [0.1, 0.15) is 5.56 Å². The van der Waals surface area contributed by atoms with Crippen molar-refractivity contribution in [3.8, 4) is 0 Å². The molecular weight excluding hydrogens is 216 g/mol. The van der Waals surface area contributed by atoms with Crippen LogP contribution in [0, 0.1) is 0 Å². The van der Waals surface area contributed by atoms with Gasteiger partial charge in [-0.05, 0) is 5.56 Å². The predicted octanol–water partition coefficient (Wildman–Crippen LogP) is 0.455. The Balaban J connectivity index is 2.48. The molecule has 0 bridgehead atoms. The highest BCUT2D eigenvalue weighted by Gasteiger charge is 2.11. The fraction of sp³-hybridized carbons (Fsp3) is 0.538. The van der Waals surface area contributed by atoms with Crippen LogP contribution in [0.5, 0.6) is 0 Å². The van der Waals surface area contributed by atoms with E-state index in [0.717, 1.165) is 13.1 Å². The minimum atomic E-state index is -0.463. The molecule has 0 amide bonds. The van der Waals surface area contributed by atoms with E-state index in [4.69, 9.17) is 10.5 Å². The number of benzene rings is 1. The zero-order valence-corrected chi connectivity index (χ0v) is 10.4. The highest BCUT2D eigenvalue weighted by Crippen LogP contribution is 2.04.